The zero-order valence-corrected chi connectivity index (χ0v) is 35.1. The maximum atomic E-state index is 10.4. The minimum Gasteiger partial charge on any atom is -0.693 e. The Hall–Kier alpha value is 0.663. The number of carboxylic acid groups (broad SMARTS) is 4. The number of halogens is 4. The second-order valence-electron chi connectivity index (χ2n) is 7.22. The molecule has 16 N–H and O–H groups in total. The molecule has 2 aliphatic carbocycles. The first kappa shape index (κ1) is 70.9. The molecule has 1 heterocycles. The van der Waals surface area contributed by atoms with Crippen molar-refractivity contribution in [3.8, 4) is 0 Å². The molecule has 0 bridgehead atoms. The Labute approximate surface area is 319 Å². The van der Waals surface area contributed by atoms with Crippen LogP contribution in [0.4, 0.5) is 0 Å². The van der Waals surface area contributed by atoms with E-state index in [4.69, 9.17) is 79.2 Å². The summed E-state index contributed by atoms with van der Waals surface area (Å²) >= 11 is -0.944. The number of aromatic nitrogens is 1. The van der Waals surface area contributed by atoms with E-state index in [1.807, 2.05) is 25.1 Å². The first-order valence-corrected chi connectivity index (χ1v) is 21.4. The minimum atomic E-state index is -1.82. The molecule has 2 saturated carbocycles. The van der Waals surface area contributed by atoms with Gasteiger partial charge >= 0.3 is 137 Å². The summed E-state index contributed by atoms with van der Waals surface area (Å²) in [6.07, 6.45) is 7.29. The number of rotatable bonds is 2. The average Bonchev–Trinajstić information content (AvgIpc) is 2.77. The summed E-state index contributed by atoms with van der Waals surface area (Å²) in [7, 11) is 19.5. The number of aliphatic carboxylic acids is 4. The topological polar surface area (TPSA) is 377 Å². The SMILES string of the molecule is Cc1ccccn1.O=C(O)C(=O)O.O=C(O)C1(C(=O)O)CCC1.[Cl][Pt+2][Cl].[Cl][Pt][Cl].[NH-][C@@H]1CCCC[C@H]1[NH-].[NH2-].[NH2-].[NH2-].[NH2-].[NH2-].[Pt+2].[Pt+2]. The largest absolute Gasteiger partial charge is 2.00 e. The Kier molecular flexibility index (Phi) is 73.7. The molecule has 44 heavy (non-hydrogen) atoms. The molecule has 0 amide bonds. The molecule has 0 radical (unpaired) electrons. The number of nitrogens with two attached hydrogens (primary N) is 5. The molecule has 2 aliphatic rings. The van der Waals surface area contributed by atoms with Gasteiger partial charge in [-0.05, 0) is 38.3 Å². The van der Waals surface area contributed by atoms with Gasteiger partial charge in [-0.3, -0.25) is 14.6 Å². The molecule has 1 aromatic rings. The van der Waals surface area contributed by atoms with E-state index < -0.39 is 62.3 Å². The van der Waals surface area contributed by atoms with Gasteiger partial charge in [0.1, 0.15) is 0 Å². The van der Waals surface area contributed by atoms with Crippen LogP contribution in [-0.4, -0.2) is 61.4 Å². The van der Waals surface area contributed by atoms with Gasteiger partial charge < -0.3 is 62.6 Å². The van der Waals surface area contributed by atoms with Crippen molar-refractivity contribution >= 4 is 61.5 Å². The van der Waals surface area contributed by atoms with Crippen LogP contribution in [0, 0.1) is 12.3 Å². The number of nitrogens with zero attached hydrogens (tertiary/aromatic N) is 1. The predicted molar refractivity (Wildman–Crippen MR) is 160 cm³/mol. The molecular weight excluding hydrogens is 1400 g/mol. The van der Waals surface area contributed by atoms with Crippen molar-refractivity contribution in [2.24, 2.45) is 5.41 Å². The van der Waals surface area contributed by atoms with E-state index >= 15 is 0 Å². The van der Waals surface area contributed by atoms with E-state index in [2.05, 4.69) is 4.98 Å². The first-order chi connectivity index (χ1) is 17.3. The van der Waals surface area contributed by atoms with Gasteiger partial charge in [0.2, 0.25) is 0 Å². The molecule has 0 spiro atoms. The standard InChI is InChI=1S/C6H12N2.C6H7N.C6H8O4.C2H2O4.4ClH.5H2N.4Pt/c7-5-3-1-2-4-6(5)8;1-6-4-2-3-5-7-6;7-4(8)6(5(9)10)2-1-3-6;3-1(4)2(5)6;;;;;;;;;;;;;/h5-8H,1-4H2;2-5H,1H3;1-3H2,(H,7,8)(H,9,10);(H,3,4)(H,5,6);4*1H;5*1H2;;;;/q-2;;;;;;;;5*-1;3*+2;+4/p-4/t5-,6-;;;;;;;;;;;;;;;;/m1................/s1. The Morgan fingerprint density at radius 2 is 1.14 bits per heavy atom. The Bertz CT molecular complexity index is 763. The minimum absolute atomic E-state index is 0. The summed E-state index contributed by atoms with van der Waals surface area (Å²) in [4.78, 5) is 42.9. The summed E-state index contributed by atoms with van der Waals surface area (Å²) in [6.45, 7) is 1.97. The fourth-order valence-corrected chi connectivity index (χ4v) is 2.63. The Morgan fingerprint density at radius 1 is 0.818 bits per heavy atom. The number of hydrogen-bond donors (Lipinski definition) is 4. The summed E-state index contributed by atoms with van der Waals surface area (Å²) in [5.74, 6) is -6.05. The molecule has 2 fully saturated rings. The maximum absolute atomic E-state index is 10.4. The van der Waals surface area contributed by atoms with E-state index in [1.54, 1.807) is 6.20 Å². The van der Waals surface area contributed by atoms with Crippen molar-refractivity contribution in [1.29, 1.82) is 0 Å². The fraction of sp³-hybridized carbons (Fsp3) is 0.550. The first-order valence-electron chi connectivity index (χ1n) is 10.1. The monoisotopic (exact) mass is 1440 g/mol. The van der Waals surface area contributed by atoms with Gasteiger partial charge in [-0.1, -0.05) is 31.7 Å². The Balaban J connectivity index is -0.0000000397. The summed E-state index contributed by atoms with van der Waals surface area (Å²) in [5, 5.41) is 31.7. The van der Waals surface area contributed by atoms with Gasteiger partial charge in [0.05, 0.1) is 0 Å². The smallest absolute Gasteiger partial charge is 0.693 e. The molecule has 0 aromatic carbocycles. The summed E-state index contributed by atoms with van der Waals surface area (Å²) < 4.78 is 0. The molecule has 0 saturated heterocycles. The quantitative estimate of drug-likeness (QED) is 0.161. The normalized spacial score (nSPS) is 15.4. The van der Waals surface area contributed by atoms with Crippen molar-refractivity contribution in [2.45, 2.75) is 64.0 Å². The van der Waals surface area contributed by atoms with Crippen LogP contribution in [0.3, 0.4) is 0 Å². The average molecular weight is 1440 g/mol. The summed E-state index contributed by atoms with van der Waals surface area (Å²) in [5.41, 5.74) is 14.2. The van der Waals surface area contributed by atoms with Gasteiger partial charge in [-0.2, -0.15) is 12.1 Å². The van der Waals surface area contributed by atoms with Crippen molar-refractivity contribution < 1.29 is 115 Å². The molecule has 1 aromatic heterocycles. The third-order valence-electron chi connectivity index (χ3n) is 4.79. The number of nitrogens with one attached hydrogen (secondary N) is 2. The second-order valence-corrected chi connectivity index (χ2v) is 13.8. The van der Waals surface area contributed by atoms with Crippen LogP contribution in [0.15, 0.2) is 24.4 Å². The zero-order chi connectivity index (χ0) is 29.4. The van der Waals surface area contributed by atoms with E-state index in [1.165, 1.54) is 12.8 Å². The number of carbonyl (C=O) groups is 4. The third kappa shape index (κ3) is 38.8. The van der Waals surface area contributed by atoms with Gasteiger partial charge in [-0.15, -0.1) is 0 Å². The van der Waals surface area contributed by atoms with Crippen LogP contribution >= 0.6 is 37.7 Å². The van der Waals surface area contributed by atoms with E-state index in [-0.39, 0.29) is 97.8 Å². The number of pyridine rings is 1. The number of aryl methyl sites for hydroxylation is 1. The predicted octanol–water partition coefficient (Wildman–Crippen LogP) is 9.61. The summed E-state index contributed by atoms with van der Waals surface area (Å²) in [6, 6.07) is 5.70. The van der Waals surface area contributed by atoms with Gasteiger partial charge in [0, 0.05) is 11.9 Å². The van der Waals surface area contributed by atoms with Gasteiger partial charge in [-0.25, -0.2) is 9.59 Å². The Morgan fingerprint density at radius 3 is 1.23 bits per heavy atom. The van der Waals surface area contributed by atoms with Crippen LogP contribution < -0.4 is 0 Å². The zero-order valence-electron chi connectivity index (χ0n) is 22.9. The van der Waals surface area contributed by atoms with Crippen LogP contribution in [0.1, 0.15) is 50.6 Å². The number of hydrogen-bond acceptors (Lipinski definition) is 5. The maximum Gasteiger partial charge on any atom is 2.00 e. The van der Waals surface area contributed by atoms with Gasteiger partial charge in [0.25, 0.3) is 0 Å². The van der Waals surface area contributed by atoms with E-state index in [0.717, 1.165) is 18.5 Å². The molecule has 0 unspecified atom stereocenters. The molecule has 2 atom stereocenters. The second kappa shape index (κ2) is 45.8. The van der Waals surface area contributed by atoms with Crippen LogP contribution in [-0.2, 0) is 94.3 Å². The molecule has 24 heteroatoms. The van der Waals surface area contributed by atoms with Crippen molar-refractivity contribution in [2.75, 3.05) is 0 Å². The van der Waals surface area contributed by atoms with E-state index in [0.29, 0.717) is 6.42 Å². The van der Waals surface area contributed by atoms with Crippen LogP contribution in [0.25, 0.3) is 42.2 Å². The van der Waals surface area contributed by atoms with Crippen molar-refractivity contribution in [1.82, 2.24) is 4.98 Å². The molecule has 3 rings (SSSR count). The molecule has 276 valence electrons. The van der Waals surface area contributed by atoms with E-state index in [9.17, 15) is 9.59 Å². The van der Waals surface area contributed by atoms with Crippen LogP contribution in [0.2, 0.25) is 0 Å². The van der Waals surface area contributed by atoms with Gasteiger partial charge in [0.15, 0.2) is 5.41 Å². The molecule has 16 nitrogen and oxygen atoms in total. The fourth-order valence-electron chi connectivity index (χ4n) is 2.63. The molecular formula is C20H39Cl4N8O8Pt4-. The van der Waals surface area contributed by atoms with Crippen molar-refractivity contribution in [3.05, 3.63) is 72.3 Å². The van der Waals surface area contributed by atoms with Crippen molar-refractivity contribution in [3.63, 3.8) is 0 Å². The third-order valence-corrected chi connectivity index (χ3v) is 4.79. The number of carboxylic acids is 4. The van der Waals surface area contributed by atoms with Crippen LogP contribution in [0.5, 0.6) is 0 Å². The molecule has 0 aliphatic heterocycles.